The number of rotatable bonds is 4. The van der Waals surface area contributed by atoms with Crippen LogP contribution in [0.2, 0.25) is 0 Å². The largest absolute Gasteiger partial charge is 0.450 e. The van der Waals surface area contributed by atoms with Crippen LogP contribution in [-0.4, -0.2) is 45.6 Å². The van der Waals surface area contributed by atoms with Crippen LogP contribution in [0.1, 0.15) is 19.7 Å². The molecule has 1 aromatic heterocycles. The molecule has 0 aliphatic rings. The number of hydrogen-bond donors (Lipinski definition) is 5. The lowest BCUT2D eigenvalue weighted by Gasteiger charge is -2.16. The van der Waals surface area contributed by atoms with E-state index in [-0.39, 0.29) is 23.4 Å². The SMILES string of the molecule is CCOC(=O)NC(=S)Nc1cc2nc(C)[nH]c2cc1NC(=S)NC(=O)OCC. The average Bonchev–Trinajstić information content (AvgIpc) is 2.94. The molecule has 2 rings (SSSR count). The zero-order valence-electron chi connectivity index (χ0n) is 15.5. The van der Waals surface area contributed by atoms with Crippen molar-refractivity contribution in [2.45, 2.75) is 20.8 Å². The number of H-pyrrole nitrogens is 1. The number of nitrogens with one attached hydrogen (secondary N) is 5. The standard InChI is InChI=1S/C16H20N6O4S2/c1-4-25-15(23)21-13(27)19-11-6-9-10(18-8(3)17-9)7-12(11)20-14(28)22-16(24)26-5-2/h6-7H,4-5H2,1-3H3,(H,17,18)(H2,19,21,23,27)(H2,20,22,24,28). The number of anilines is 2. The minimum Gasteiger partial charge on any atom is -0.450 e. The monoisotopic (exact) mass is 424 g/mol. The van der Waals surface area contributed by atoms with Crippen molar-refractivity contribution in [1.82, 2.24) is 20.6 Å². The molecule has 0 unspecified atom stereocenters. The molecule has 0 aliphatic heterocycles. The zero-order valence-corrected chi connectivity index (χ0v) is 17.1. The molecule has 0 bridgehead atoms. The Kier molecular flexibility index (Phi) is 7.46. The predicted octanol–water partition coefficient (Wildman–Crippen LogP) is 2.76. The summed E-state index contributed by atoms with van der Waals surface area (Å²) in [6.07, 6.45) is -1.35. The van der Waals surface area contributed by atoms with Crippen molar-refractivity contribution in [2.24, 2.45) is 0 Å². The third kappa shape index (κ3) is 6.03. The number of imidazole rings is 1. The molecule has 0 fully saturated rings. The fraction of sp³-hybridized carbons (Fsp3) is 0.312. The first-order valence-corrected chi connectivity index (χ1v) is 9.13. The van der Waals surface area contributed by atoms with Crippen LogP contribution in [0, 0.1) is 6.92 Å². The van der Waals surface area contributed by atoms with Crippen molar-refractivity contribution in [3.63, 3.8) is 0 Å². The maximum atomic E-state index is 11.5. The minimum atomic E-state index is -0.675. The highest BCUT2D eigenvalue weighted by molar-refractivity contribution is 7.80. The van der Waals surface area contributed by atoms with Gasteiger partial charge in [0.1, 0.15) is 5.82 Å². The lowest BCUT2D eigenvalue weighted by molar-refractivity contribution is 0.157. The number of amides is 2. The molecule has 12 heteroatoms. The number of aromatic amines is 1. The Hall–Kier alpha value is -2.99. The molecule has 2 amide bonds. The van der Waals surface area contributed by atoms with E-state index in [1.807, 2.05) is 6.92 Å². The van der Waals surface area contributed by atoms with E-state index in [1.165, 1.54) is 0 Å². The second kappa shape index (κ2) is 9.80. The van der Waals surface area contributed by atoms with Gasteiger partial charge in [0.2, 0.25) is 0 Å². The summed E-state index contributed by atoms with van der Waals surface area (Å²) < 4.78 is 9.59. The van der Waals surface area contributed by atoms with Crippen molar-refractivity contribution < 1.29 is 19.1 Å². The van der Waals surface area contributed by atoms with E-state index in [9.17, 15) is 9.59 Å². The van der Waals surface area contributed by atoms with Crippen LogP contribution < -0.4 is 21.3 Å². The molecule has 0 aliphatic carbocycles. The fourth-order valence-electron chi connectivity index (χ4n) is 2.22. The molecular weight excluding hydrogens is 404 g/mol. The molecule has 5 N–H and O–H groups in total. The summed E-state index contributed by atoms with van der Waals surface area (Å²) in [5.74, 6) is 0.720. The van der Waals surface area contributed by atoms with Crippen LogP contribution in [-0.2, 0) is 9.47 Å². The van der Waals surface area contributed by atoms with Crippen LogP contribution in [0.25, 0.3) is 11.0 Å². The van der Waals surface area contributed by atoms with Crippen LogP contribution in [0.3, 0.4) is 0 Å². The Balaban J connectivity index is 2.22. The zero-order chi connectivity index (χ0) is 20.7. The number of ether oxygens (including phenoxy) is 2. The van der Waals surface area contributed by atoms with Gasteiger partial charge in [-0.05, 0) is 57.3 Å². The number of hydrogen-bond acceptors (Lipinski definition) is 7. The average molecular weight is 425 g/mol. The Morgan fingerprint density at radius 3 is 2.00 bits per heavy atom. The molecule has 10 nitrogen and oxygen atoms in total. The highest BCUT2D eigenvalue weighted by Crippen LogP contribution is 2.27. The highest BCUT2D eigenvalue weighted by atomic mass is 32.1. The second-order valence-electron chi connectivity index (χ2n) is 5.34. The molecule has 0 radical (unpaired) electrons. The first-order chi connectivity index (χ1) is 13.3. The van der Waals surface area contributed by atoms with Crippen LogP contribution in [0.4, 0.5) is 21.0 Å². The van der Waals surface area contributed by atoms with Gasteiger partial charge in [0.25, 0.3) is 0 Å². The van der Waals surface area contributed by atoms with Gasteiger partial charge < -0.3 is 25.1 Å². The van der Waals surface area contributed by atoms with Gasteiger partial charge in [-0.25, -0.2) is 14.6 Å². The summed E-state index contributed by atoms with van der Waals surface area (Å²) in [7, 11) is 0. The maximum Gasteiger partial charge on any atom is 0.413 e. The summed E-state index contributed by atoms with van der Waals surface area (Å²) in [6.45, 7) is 5.62. The van der Waals surface area contributed by atoms with Crippen LogP contribution >= 0.6 is 24.4 Å². The number of aromatic nitrogens is 2. The van der Waals surface area contributed by atoms with E-state index in [1.54, 1.807) is 26.0 Å². The lowest BCUT2D eigenvalue weighted by Crippen LogP contribution is -2.36. The minimum absolute atomic E-state index is 0.0253. The lowest BCUT2D eigenvalue weighted by atomic mass is 10.2. The van der Waals surface area contributed by atoms with E-state index < -0.39 is 12.2 Å². The smallest absolute Gasteiger partial charge is 0.413 e. The van der Waals surface area contributed by atoms with E-state index in [0.29, 0.717) is 16.9 Å². The Morgan fingerprint density at radius 2 is 1.50 bits per heavy atom. The highest BCUT2D eigenvalue weighted by Gasteiger charge is 2.13. The Morgan fingerprint density at radius 1 is 1.00 bits per heavy atom. The second-order valence-corrected chi connectivity index (χ2v) is 6.15. The summed E-state index contributed by atoms with van der Waals surface area (Å²) >= 11 is 10.3. The normalized spacial score (nSPS) is 10.1. The first kappa shape index (κ1) is 21.3. The van der Waals surface area contributed by atoms with Gasteiger partial charge in [-0.15, -0.1) is 0 Å². The third-order valence-corrected chi connectivity index (χ3v) is 3.63. The van der Waals surface area contributed by atoms with Crippen molar-refractivity contribution >= 4 is 69.3 Å². The summed E-state index contributed by atoms with van der Waals surface area (Å²) in [4.78, 5) is 30.5. The van der Waals surface area contributed by atoms with E-state index in [0.717, 1.165) is 11.3 Å². The van der Waals surface area contributed by atoms with Crippen LogP contribution in [0.5, 0.6) is 0 Å². The van der Waals surface area contributed by atoms with Crippen molar-refractivity contribution in [3.05, 3.63) is 18.0 Å². The number of aryl methyl sites for hydroxylation is 1. The molecule has 28 heavy (non-hydrogen) atoms. The third-order valence-electron chi connectivity index (χ3n) is 3.22. The van der Waals surface area contributed by atoms with Gasteiger partial charge >= 0.3 is 12.2 Å². The maximum absolute atomic E-state index is 11.5. The topological polar surface area (TPSA) is 129 Å². The van der Waals surface area contributed by atoms with Gasteiger partial charge in [-0.2, -0.15) is 0 Å². The number of carbonyl (C=O) groups is 2. The van der Waals surface area contributed by atoms with E-state index in [4.69, 9.17) is 33.9 Å². The summed E-state index contributed by atoms with van der Waals surface area (Å²) in [5, 5.41) is 10.6. The number of nitrogens with zero attached hydrogens (tertiary/aromatic N) is 1. The molecular formula is C16H20N6O4S2. The van der Waals surface area contributed by atoms with E-state index in [2.05, 4.69) is 31.2 Å². The molecule has 0 spiro atoms. The van der Waals surface area contributed by atoms with Gasteiger partial charge in [-0.3, -0.25) is 10.6 Å². The molecule has 0 saturated heterocycles. The molecule has 0 saturated carbocycles. The molecule has 2 aromatic rings. The Bertz CT molecular complexity index is 843. The van der Waals surface area contributed by atoms with Gasteiger partial charge in [-0.1, -0.05) is 0 Å². The van der Waals surface area contributed by atoms with Gasteiger partial charge in [0, 0.05) is 0 Å². The number of fused-ring (bicyclic) bond motifs is 1. The molecule has 0 atom stereocenters. The van der Waals surface area contributed by atoms with Gasteiger partial charge in [0.05, 0.1) is 35.6 Å². The fourth-order valence-corrected chi connectivity index (χ4v) is 2.60. The van der Waals surface area contributed by atoms with Crippen LogP contribution in [0.15, 0.2) is 12.1 Å². The number of carbonyl (C=O) groups excluding carboxylic acids is 2. The van der Waals surface area contributed by atoms with Gasteiger partial charge in [0.15, 0.2) is 10.2 Å². The first-order valence-electron chi connectivity index (χ1n) is 8.32. The van der Waals surface area contributed by atoms with Crippen molar-refractivity contribution in [3.8, 4) is 0 Å². The Labute approximate surface area is 171 Å². The quantitative estimate of drug-likeness (QED) is 0.470. The van der Waals surface area contributed by atoms with Crippen molar-refractivity contribution in [2.75, 3.05) is 23.8 Å². The summed E-state index contributed by atoms with van der Waals surface area (Å²) in [5.41, 5.74) is 2.39. The number of alkyl carbamates (subject to hydrolysis) is 2. The molecule has 1 heterocycles. The van der Waals surface area contributed by atoms with Crippen molar-refractivity contribution in [1.29, 1.82) is 0 Å². The predicted molar refractivity (Wildman–Crippen MR) is 114 cm³/mol. The molecule has 1 aromatic carbocycles. The van der Waals surface area contributed by atoms with E-state index >= 15 is 0 Å². The summed E-state index contributed by atoms with van der Waals surface area (Å²) in [6, 6.07) is 3.46. The number of benzene rings is 1. The number of thiocarbonyl (C=S) groups is 2. The molecule has 150 valence electrons.